The maximum absolute atomic E-state index is 12.5. The van der Waals surface area contributed by atoms with Crippen molar-refractivity contribution in [2.75, 3.05) is 12.3 Å². The zero-order valence-corrected chi connectivity index (χ0v) is 14.6. The first-order chi connectivity index (χ1) is 9.82. The molecule has 2 rings (SSSR count). The van der Waals surface area contributed by atoms with E-state index in [1.807, 2.05) is 49.2 Å². The molecule has 0 aliphatic carbocycles. The molecule has 1 fully saturated rings. The first-order valence-electron chi connectivity index (χ1n) is 7.51. The number of hydrogen-bond acceptors (Lipinski definition) is 3. The van der Waals surface area contributed by atoms with Crippen molar-refractivity contribution in [1.82, 2.24) is 20.0 Å². The molecule has 0 unspecified atom stereocenters. The third-order valence-corrected chi connectivity index (χ3v) is 5.82. The lowest BCUT2D eigenvalue weighted by Crippen LogP contribution is -2.52. The molecule has 21 heavy (non-hydrogen) atoms. The van der Waals surface area contributed by atoms with Crippen molar-refractivity contribution < 1.29 is 4.79 Å². The predicted molar refractivity (Wildman–Crippen MR) is 87.7 cm³/mol. The fraction of sp³-hybridized carbons (Fsp3) is 0.733. The molecule has 1 aliphatic rings. The number of carbonyl (C=O) groups excluding carboxylic acids is 1. The molecule has 0 radical (unpaired) electrons. The van der Waals surface area contributed by atoms with Crippen molar-refractivity contribution in [2.24, 2.45) is 7.05 Å². The maximum Gasteiger partial charge on any atom is 0.318 e. The van der Waals surface area contributed by atoms with Crippen LogP contribution in [0.2, 0.25) is 0 Å². The number of carbonyl (C=O) groups is 1. The van der Waals surface area contributed by atoms with Gasteiger partial charge in [0, 0.05) is 41.9 Å². The largest absolute Gasteiger partial charge is 0.331 e. The van der Waals surface area contributed by atoms with E-state index in [-0.39, 0.29) is 18.1 Å². The Morgan fingerprint density at radius 1 is 1.43 bits per heavy atom. The molecule has 0 aromatic carbocycles. The number of aryl methyl sites for hydroxylation is 2. The summed E-state index contributed by atoms with van der Waals surface area (Å²) in [5.41, 5.74) is 3.22. The summed E-state index contributed by atoms with van der Waals surface area (Å²) >= 11 is 1.94. The van der Waals surface area contributed by atoms with E-state index >= 15 is 0 Å². The van der Waals surface area contributed by atoms with Gasteiger partial charge in [-0.05, 0) is 27.7 Å². The molecule has 1 N–H and O–H groups in total. The number of hydrogen-bond donors (Lipinski definition) is 1. The molecule has 0 bridgehead atoms. The van der Waals surface area contributed by atoms with Crippen molar-refractivity contribution in [3.05, 3.63) is 17.0 Å². The molecule has 6 heteroatoms. The lowest BCUT2D eigenvalue weighted by molar-refractivity contribution is 0.177. The molecule has 3 atom stereocenters. The molecule has 1 aromatic rings. The highest BCUT2D eigenvalue weighted by molar-refractivity contribution is 8.00. The highest BCUT2D eigenvalue weighted by atomic mass is 32.2. The number of nitrogens with zero attached hydrogens (tertiary/aromatic N) is 3. The van der Waals surface area contributed by atoms with Crippen LogP contribution in [0.25, 0.3) is 0 Å². The van der Waals surface area contributed by atoms with Crippen molar-refractivity contribution in [1.29, 1.82) is 0 Å². The van der Waals surface area contributed by atoms with Crippen LogP contribution in [0.1, 0.15) is 43.8 Å². The Hall–Kier alpha value is -1.17. The molecule has 2 heterocycles. The van der Waals surface area contributed by atoms with Crippen LogP contribution in [-0.2, 0) is 7.05 Å². The van der Waals surface area contributed by atoms with E-state index in [4.69, 9.17) is 0 Å². The van der Waals surface area contributed by atoms with E-state index in [2.05, 4.69) is 24.3 Å². The Bertz CT molecular complexity index is 528. The van der Waals surface area contributed by atoms with Crippen LogP contribution in [0.4, 0.5) is 4.79 Å². The number of aromatic nitrogens is 2. The second-order valence-corrected chi connectivity index (χ2v) is 7.37. The van der Waals surface area contributed by atoms with Gasteiger partial charge in [0.2, 0.25) is 0 Å². The quantitative estimate of drug-likeness (QED) is 0.913. The fourth-order valence-electron chi connectivity index (χ4n) is 2.98. The smallest absolute Gasteiger partial charge is 0.318 e. The van der Waals surface area contributed by atoms with Crippen LogP contribution in [0, 0.1) is 13.8 Å². The third-order valence-electron chi connectivity index (χ3n) is 4.48. The average Bonchev–Trinajstić information content (AvgIpc) is 2.66. The van der Waals surface area contributed by atoms with Gasteiger partial charge >= 0.3 is 6.03 Å². The summed E-state index contributed by atoms with van der Waals surface area (Å²) < 4.78 is 1.87. The summed E-state index contributed by atoms with van der Waals surface area (Å²) in [6.07, 6.45) is 0. The first-order valence-corrected chi connectivity index (χ1v) is 8.56. The molecule has 2 amide bonds. The summed E-state index contributed by atoms with van der Waals surface area (Å²) in [5, 5.41) is 8.05. The average molecular weight is 310 g/mol. The van der Waals surface area contributed by atoms with E-state index in [0.717, 1.165) is 29.2 Å². The Morgan fingerprint density at radius 3 is 2.67 bits per heavy atom. The van der Waals surface area contributed by atoms with E-state index in [0.29, 0.717) is 5.25 Å². The molecule has 118 valence electrons. The van der Waals surface area contributed by atoms with Gasteiger partial charge in [0.25, 0.3) is 0 Å². The van der Waals surface area contributed by atoms with E-state index < -0.39 is 0 Å². The van der Waals surface area contributed by atoms with Gasteiger partial charge in [-0.1, -0.05) is 6.92 Å². The Morgan fingerprint density at radius 2 is 2.10 bits per heavy atom. The van der Waals surface area contributed by atoms with Gasteiger partial charge in [-0.25, -0.2) is 4.79 Å². The first kappa shape index (κ1) is 16.2. The van der Waals surface area contributed by atoms with E-state index in [9.17, 15) is 4.79 Å². The highest BCUT2D eigenvalue weighted by Crippen LogP contribution is 2.25. The van der Waals surface area contributed by atoms with Gasteiger partial charge in [-0.3, -0.25) is 4.68 Å². The molecule has 5 nitrogen and oxygen atoms in total. The molecular weight excluding hydrogens is 284 g/mol. The van der Waals surface area contributed by atoms with Crippen molar-refractivity contribution in [2.45, 2.75) is 52.0 Å². The lowest BCUT2D eigenvalue weighted by atomic mass is 10.1. The van der Waals surface area contributed by atoms with Gasteiger partial charge in [-0.15, -0.1) is 0 Å². The van der Waals surface area contributed by atoms with Gasteiger partial charge in [0.15, 0.2) is 0 Å². The number of thioether (sulfide) groups is 1. The molecule has 1 aromatic heterocycles. The standard InChI is InChI=1S/C15H26N4OS/c1-9(14-10(2)17-18(6)12(14)4)16-15(20)19-7-8-21-13(5)11(19)3/h9,11,13H,7-8H2,1-6H3,(H,16,20)/t9-,11-,13+/m0/s1. The fourth-order valence-corrected chi connectivity index (χ4v) is 4.08. The third kappa shape index (κ3) is 3.20. The minimum absolute atomic E-state index is 0.0247. The number of urea groups is 1. The minimum atomic E-state index is -0.0247. The van der Waals surface area contributed by atoms with Crippen LogP contribution >= 0.6 is 11.8 Å². The van der Waals surface area contributed by atoms with E-state index in [1.165, 1.54) is 0 Å². The topological polar surface area (TPSA) is 50.2 Å². The van der Waals surface area contributed by atoms with Crippen molar-refractivity contribution >= 4 is 17.8 Å². The second-order valence-electron chi connectivity index (χ2n) is 5.89. The SMILES string of the molecule is Cc1nn(C)c(C)c1[C@H](C)NC(=O)N1CCS[C@H](C)[C@@H]1C. The van der Waals surface area contributed by atoms with E-state index in [1.54, 1.807) is 0 Å². The minimum Gasteiger partial charge on any atom is -0.331 e. The van der Waals surface area contributed by atoms with Gasteiger partial charge < -0.3 is 10.2 Å². The van der Waals surface area contributed by atoms with Crippen molar-refractivity contribution in [3.8, 4) is 0 Å². The zero-order valence-electron chi connectivity index (χ0n) is 13.8. The molecule has 0 saturated carbocycles. The summed E-state index contributed by atoms with van der Waals surface area (Å²) in [7, 11) is 1.94. The lowest BCUT2D eigenvalue weighted by Gasteiger charge is -2.38. The monoisotopic (exact) mass is 310 g/mol. The summed E-state index contributed by atoms with van der Waals surface area (Å²) in [6, 6.07) is 0.278. The highest BCUT2D eigenvalue weighted by Gasteiger charge is 2.30. The number of rotatable bonds is 2. The van der Waals surface area contributed by atoms with Crippen LogP contribution < -0.4 is 5.32 Å². The van der Waals surface area contributed by atoms with Gasteiger partial charge in [0.1, 0.15) is 0 Å². The van der Waals surface area contributed by atoms with Crippen LogP contribution in [0.3, 0.4) is 0 Å². The van der Waals surface area contributed by atoms with Crippen molar-refractivity contribution in [3.63, 3.8) is 0 Å². The normalized spacial score (nSPS) is 24.0. The number of nitrogens with one attached hydrogen (secondary N) is 1. The Kier molecular flexibility index (Phi) is 4.86. The molecule has 1 aliphatic heterocycles. The van der Waals surface area contributed by atoms with Crippen LogP contribution in [0.5, 0.6) is 0 Å². The molecule has 1 saturated heterocycles. The summed E-state index contributed by atoms with van der Waals surface area (Å²) in [4.78, 5) is 14.5. The number of amides is 2. The Balaban J connectivity index is 2.08. The summed E-state index contributed by atoms with van der Waals surface area (Å²) in [5.74, 6) is 1.01. The maximum atomic E-state index is 12.5. The molecular formula is C15H26N4OS. The summed E-state index contributed by atoms with van der Waals surface area (Å²) in [6.45, 7) is 11.2. The second kappa shape index (κ2) is 6.30. The Labute approximate surface area is 131 Å². The molecule has 0 spiro atoms. The zero-order chi connectivity index (χ0) is 15.7. The van der Waals surface area contributed by atoms with Gasteiger partial charge in [0.05, 0.1) is 11.7 Å². The van der Waals surface area contributed by atoms with Crippen LogP contribution in [-0.4, -0.2) is 44.3 Å². The predicted octanol–water partition coefficient (Wildman–Crippen LogP) is 2.63. The van der Waals surface area contributed by atoms with Crippen LogP contribution in [0.15, 0.2) is 0 Å². The van der Waals surface area contributed by atoms with Gasteiger partial charge in [-0.2, -0.15) is 16.9 Å².